The predicted octanol–water partition coefficient (Wildman–Crippen LogP) is 2.40. The van der Waals surface area contributed by atoms with Gasteiger partial charge in [-0.15, -0.1) is 0 Å². The number of rotatable bonds is 10. The molecule has 0 aliphatic heterocycles. The lowest BCUT2D eigenvalue weighted by Crippen LogP contribution is -2.32. The molecule has 0 spiro atoms. The van der Waals surface area contributed by atoms with E-state index in [4.69, 9.17) is 21.1 Å². The van der Waals surface area contributed by atoms with Gasteiger partial charge >= 0.3 is 0 Å². The molecule has 0 bridgehead atoms. The molecule has 1 rings (SSSR count). The van der Waals surface area contributed by atoms with Crippen molar-refractivity contribution < 1.29 is 14.6 Å². The maximum absolute atomic E-state index is 9.80. The average molecular weight is 302 g/mol. The summed E-state index contributed by atoms with van der Waals surface area (Å²) in [6.45, 7) is 4.38. The van der Waals surface area contributed by atoms with E-state index < -0.39 is 6.10 Å². The summed E-state index contributed by atoms with van der Waals surface area (Å²) < 4.78 is 10.5. The molecule has 0 radical (unpaired) electrons. The lowest BCUT2D eigenvalue weighted by atomic mass is 10.2. The molecule has 1 aromatic carbocycles. The van der Waals surface area contributed by atoms with Gasteiger partial charge in [0.15, 0.2) is 0 Å². The van der Waals surface area contributed by atoms with Crippen LogP contribution in [0.5, 0.6) is 5.75 Å². The van der Waals surface area contributed by atoms with E-state index in [0.29, 0.717) is 6.54 Å². The molecule has 114 valence electrons. The molecule has 0 fully saturated rings. The Kier molecular flexibility index (Phi) is 8.62. The number of ether oxygens (including phenoxy) is 2. The highest BCUT2D eigenvalue weighted by molar-refractivity contribution is 6.31. The fourth-order valence-electron chi connectivity index (χ4n) is 1.72. The summed E-state index contributed by atoms with van der Waals surface area (Å²) in [6, 6.07) is 5.47. The minimum absolute atomic E-state index is 0.270. The minimum atomic E-state index is -0.520. The van der Waals surface area contributed by atoms with Crippen LogP contribution < -0.4 is 10.1 Å². The van der Waals surface area contributed by atoms with E-state index in [0.717, 1.165) is 42.3 Å². The number of unbranched alkanes of at least 4 members (excludes halogenated alkanes) is 1. The molecule has 0 aliphatic rings. The molecular formula is C15H24ClNO3. The van der Waals surface area contributed by atoms with Gasteiger partial charge in [-0.3, -0.25) is 0 Å². The summed E-state index contributed by atoms with van der Waals surface area (Å²) in [7, 11) is 1.70. The number of benzene rings is 1. The van der Waals surface area contributed by atoms with Gasteiger partial charge in [-0.1, -0.05) is 11.6 Å². The number of hydrogen-bond donors (Lipinski definition) is 2. The molecule has 0 aromatic heterocycles. The third-order valence-corrected chi connectivity index (χ3v) is 3.33. The summed E-state index contributed by atoms with van der Waals surface area (Å²) in [4.78, 5) is 0. The first-order valence-corrected chi connectivity index (χ1v) is 7.28. The smallest absolute Gasteiger partial charge is 0.119 e. The maximum Gasteiger partial charge on any atom is 0.119 e. The van der Waals surface area contributed by atoms with Crippen molar-refractivity contribution in [3.05, 3.63) is 28.8 Å². The second-order valence-electron chi connectivity index (χ2n) is 4.78. The van der Waals surface area contributed by atoms with E-state index in [2.05, 4.69) is 5.32 Å². The molecule has 2 N–H and O–H groups in total. The van der Waals surface area contributed by atoms with Crippen LogP contribution in [0.3, 0.4) is 0 Å². The number of aliphatic hydroxyl groups is 1. The molecule has 20 heavy (non-hydrogen) atoms. The van der Waals surface area contributed by atoms with E-state index in [1.807, 2.05) is 13.0 Å². The maximum atomic E-state index is 9.80. The fraction of sp³-hybridized carbons (Fsp3) is 0.600. The Balaban J connectivity index is 2.13. The molecule has 0 heterocycles. The lowest BCUT2D eigenvalue weighted by molar-refractivity contribution is 0.106. The van der Waals surface area contributed by atoms with Crippen LogP contribution in [0.4, 0.5) is 0 Å². The van der Waals surface area contributed by atoms with Crippen LogP contribution in [0.25, 0.3) is 0 Å². The van der Waals surface area contributed by atoms with Crippen LogP contribution in [0, 0.1) is 6.92 Å². The highest BCUT2D eigenvalue weighted by Crippen LogP contribution is 2.20. The first-order valence-electron chi connectivity index (χ1n) is 6.90. The van der Waals surface area contributed by atoms with Crippen molar-refractivity contribution in [1.82, 2.24) is 5.32 Å². The van der Waals surface area contributed by atoms with Crippen LogP contribution in [0.2, 0.25) is 5.02 Å². The van der Waals surface area contributed by atoms with Gasteiger partial charge in [0.1, 0.15) is 18.5 Å². The second-order valence-corrected chi connectivity index (χ2v) is 5.19. The molecule has 4 nitrogen and oxygen atoms in total. The Hall–Kier alpha value is -0.810. The number of nitrogens with one attached hydrogen (secondary N) is 1. The normalized spacial score (nSPS) is 12.4. The van der Waals surface area contributed by atoms with E-state index in [9.17, 15) is 5.11 Å². The van der Waals surface area contributed by atoms with Crippen LogP contribution in [0.15, 0.2) is 18.2 Å². The van der Waals surface area contributed by atoms with Gasteiger partial charge in [0.2, 0.25) is 0 Å². The Morgan fingerprint density at radius 2 is 2.15 bits per heavy atom. The van der Waals surface area contributed by atoms with Crippen molar-refractivity contribution in [1.29, 1.82) is 0 Å². The molecule has 1 aromatic rings. The number of aryl methyl sites for hydroxylation is 1. The van der Waals surface area contributed by atoms with Gasteiger partial charge in [-0.2, -0.15) is 0 Å². The van der Waals surface area contributed by atoms with Crippen molar-refractivity contribution in [3.8, 4) is 5.75 Å². The Morgan fingerprint density at radius 3 is 2.85 bits per heavy atom. The lowest BCUT2D eigenvalue weighted by Gasteiger charge is -2.13. The number of hydrogen-bond acceptors (Lipinski definition) is 4. The van der Waals surface area contributed by atoms with Gasteiger partial charge in [-0.25, -0.2) is 0 Å². The molecule has 0 saturated heterocycles. The SMILES string of the molecule is COCCCCNCC(O)COc1ccc(Cl)c(C)c1. The molecule has 0 aliphatic carbocycles. The van der Waals surface area contributed by atoms with Crippen LogP contribution in [-0.4, -0.2) is 44.6 Å². The van der Waals surface area contributed by atoms with E-state index in [1.165, 1.54) is 0 Å². The first-order chi connectivity index (χ1) is 9.63. The quantitative estimate of drug-likeness (QED) is 0.652. The van der Waals surface area contributed by atoms with Crippen LogP contribution >= 0.6 is 11.6 Å². The molecule has 0 amide bonds. The van der Waals surface area contributed by atoms with Crippen molar-refractivity contribution in [2.24, 2.45) is 0 Å². The summed E-state index contributed by atoms with van der Waals surface area (Å²) in [5, 5.41) is 13.7. The van der Waals surface area contributed by atoms with Gasteiger partial charge in [-0.05, 0) is 50.1 Å². The van der Waals surface area contributed by atoms with Crippen molar-refractivity contribution in [3.63, 3.8) is 0 Å². The van der Waals surface area contributed by atoms with E-state index in [1.54, 1.807) is 19.2 Å². The van der Waals surface area contributed by atoms with E-state index >= 15 is 0 Å². The van der Waals surface area contributed by atoms with Crippen LogP contribution in [-0.2, 0) is 4.74 Å². The molecule has 1 atom stereocenters. The predicted molar refractivity (Wildman–Crippen MR) is 81.7 cm³/mol. The zero-order chi connectivity index (χ0) is 14.8. The summed E-state index contributed by atoms with van der Waals surface area (Å²) in [5.41, 5.74) is 0.968. The van der Waals surface area contributed by atoms with Gasteiger partial charge in [0.05, 0.1) is 0 Å². The zero-order valence-electron chi connectivity index (χ0n) is 12.2. The third-order valence-electron chi connectivity index (χ3n) is 2.90. The van der Waals surface area contributed by atoms with Gasteiger partial charge in [0.25, 0.3) is 0 Å². The van der Waals surface area contributed by atoms with Gasteiger partial charge < -0.3 is 19.9 Å². The first kappa shape index (κ1) is 17.2. The second kappa shape index (κ2) is 10.00. The summed E-state index contributed by atoms with van der Waals surface area (Å²) in [5.74, 6) is 0.728. The Bertz CT molecular complexity index is 387. The standard InChI is InChI=1S/C15H24ClNO3/c1-12-9-14(5-6-15(12)16)20-11-13(18)10-17-7-3-4-8-19-2/h5-6,9,13,17-18H,3-4,7-8,10-11H2,1-2H3. The fourth-order valence-corrected chi connectivity index (χ4v) is 1.84. The van der Waals surface area contributed by atoms with Crippen molar-refractivity contribution in [2.45, 2.75) is 25.9 Å². The third kappa shape index (κ3) is 7.10. The van der Waals surface area contributed by atoms with Crippen molar-refractivity contribution >= 4 is 11.6 Å². The van der Waals surface area contributed by atoms with E-state index in [-0.39, 0.29) is 6.61 Å². The molecule has 0 saturated carbocycles. The average Bonchev–Trinajstić information content (AvgIpc) is 2.44. The Morgan fingerprint density at radius 1 is 1.35 bits per heavy atom. The zero-order valence-corrected chi connectivity index (χ0v) is 12.9. The highest BCUT2D eigenvalue weighted by atomic mass is 35.5. The molecular weight excluding hydrogens is 278 g/mol. The highest BCUT2D eigenvalue weighted by Gasteiger charge is 2.05. The Labute approximate surface area is 126 Å². The van der Waals surface area contributed by atoms with Gasteiger partial charge in [0, 0.05) is 25.3 Å². The molecule has 5 heteroatoms. The summed E-state index contributed by atoms with van der Waals surface area (Å²) in [6.07, 6.45) is 1.55. The van der Waals surface area contributed by atoms with Crippen LogP contribution in [0.1, 0.15) is 18.4 Å². The summed E-state index contributed by atoms with van der Waals surface area (Å²) >= 11 is 5.94. The minimum Gasteiger partial charge on any atom is -0.491 e. The monoisotopic (exact) mass is 301 g/mol. The topological polar surface area (TPSA) is 50.7 Å². The number of aliphatic hydroxyl groups excluding tert-OH is 1. The number of methoxy groups -OCH3 is 1. The number of halogens is 1. The van der Waals surface area contributed by atoms with Crippen molar-refractivity contribution in [2.75, 3.05) is 33.4 Å². The molecule has 1 unspecified atom stereocenters. The largest absolute Gasteiger partial charge is 0.491 e.